The van der Waals surface area contributed by atoms with E-state index < -0.39 is 0 Å². The molecule has 0 radical (unpaired) electrons. The van der Waals surface area contributed by atoms with Crippen molar-refractivity contribution >= 4 is 28.7 Å². The molecule has 0 aromatic heterocycles. The fourth-order valence-electron chi connectivity index (χ4n) is 5.20. The third kappa shape index (κ3) is 3.82. The van der Waals surface area contributed by atoms with Crippen molar-refractivity contribution in [2.75, 3.05) is 0 Å². The maximum absolute atomic E-state index is 13.7. The van der Waals surface area contributed by atoms with Crippen molar-refractivity contribution in [2.24, 2.45) is 10.9 Å². The van der Waals surface area contributed by atoms with Crippen molar-refractivity contribution < 1.29 is 4.39 Å². The van der Waals surface area contributed by atoms with Gasteiger partial charge in [0.2, 0.25) is 0 Å². The highest BCUT2D eigenvalue weighted by molar-refractivity contribution is 8.16. The van der Waals surface area contributed by atoms with Gasteiger partial charge in [-0.2, -0.15) is 0 Å². The lowest BCUT2D eigenvalue weighted by molar-refractivity contribution is 0.425. The molecular weight excluding hydrogens is 439 g/mol. The number of amidine groups is 1. The zero-order valence-corrected chi connectivity index (χ0v) is 19.8. The van der Waals surface area contributed by atoms with Crippen LogP contribution in [-0.2, 0) is 0 Å². The van der Waals surface area contributed by atoms with Gasteiger partial charge in [0.25, 0.3) is 0 Å². The summed E-state index contributed by atoms with van der Waals surface area (Å²) in [7, 11) is 0. The first-order valence-corrected chi connectivity index (χ1v) is 12.6. The van der Waals surface area contributed by atoms with Crippen LogP contribution in [0.15, 0.2) is 112 Å². The molecule has 3 aromatic carbocycles. The third-order valence-electron chi connectivity index (χ3n) is 6.68. The fraction of sp³-hybridized carbons (Fsp3) is 0.167. The number of rotatable bonds is 3. The molecule has 0 saturated heterocycles. The molecule has 0 bridgehead atoms. The van der Waals surface area contributed by atoms with Gasteiger partial charge in [0.15, 0.2) is 5.17 Å². The standard InChI is InChI=1S/C30H25FN2S/c1-20-16-24(18-21-8-4-2-5-9-21)28-26(17-20)29(23-10-6-3-7-11-23)33-27(19-34-30(33)32-28)22-12-14-25(31)15-13-22/h2-15,18-20,29H,16-17H2,1H3/b24-18-/t20-,29-/m0/s1. The molecular formula is C30H25FN2S. The van der Waals surface area contributed by atoms with E-state index >= 15 is 0 Å². The number of nitrogens with zero attached hydrogens (tertiary/aromatic N) is 2. The maximum atomic E-state index is 13.7. The molecule has 0 saturated carbocycles. The second-order valence-electron chi connectivity index (χ2n) is 9.17. The highest BCUT2D eigenvalue weighted by atomic mass is 32.2. The quantitative estimate of drug-likeness (QED) is 0.390. The van der Waals surface area contributed by atoms with E-state index in [4.69, 9.17) is 4.99 Å². The van der Waals surface area contributed by atoms with Crippen molar-refractivity contribution in [1.29, 1.82) is 0 Å². The van der Waals surface area contributed by atoms with E-state index in [1.165, 1.54) is 34.4 Å². The van der Waals surface area contributed by atoms with Crippen LogP contribution in [0.25, 0.3) is 11.8 Å². The molecule has 0 amide bonds. The number of benzene rings is 3. The highest BCUT2D eigenvalue weighted by Crippen LogP contribution is 2.51. The number of hydrogen-bond acceptors (Lipinski definition) is 3. The lowest BCUT2D eigenvalue weighted by Crippen LogP contribution is -2.35. The average molecular weight is 465 g/mol. The summed E-state index contributed by atoms with van der Waals surface area (Å²) in [5, 5.41) is 3.14. The van der Waals surface area contributed by atoms with Gasteiger partial charge in [0.05, 0.1) is 17.4 Å². The Kier molecular flexibility index (Phi) is 5.46. The third-order valence-corrected chi connectivity index (χ3v) is 7.52. The van der Waals surface area contributed by atoms with Crippen LogP contribution in [-0.4, -0.2) is 10.1 Å². The SMILES string of the molecule is C[C@@H]1CC2=C(N=C3SC=C(c4ccc(F)cc4)N3[C@H]2c2ccccc2)/C(=C\c2ccccc2)C1. The lowest BCUT2D eigenvalue weighted by atomic mass is 9.78. The smallest absolute Gasteiger partial charge is 0.174 e. The summed E-state index contributed by atoms with van der Waals surface area (Å²) in [5.41, 5.74) is 8.37. The number of aliphatic imine (C=N–C) groups is 1. The maximum Gasteiger partial charge on any atom is 0.174 e. The second-order valence-corrected chi connectivity index (χ2v) is 10.0. The Labute approximate surface area is 204 Å². The summed E-state index contributed by atoms with van der Waals surface area (Å²) < 4.78 is 13.7. The van der Waals surface area contributed by atoms with Gasteiger partial charge >= 0.3 is 0 Å². The highest BCUT2D eigenvalue weighted by Gasteiger charge is 2.41. The van der Waals surface area contributed by atoms with Crippen LogP contribution >= 0.6 is 11.8 Å². The molecule has 3 aliphatic rings. The molecule has 1 aliphatic carbocycles. The monoisotopic (exact) mass is 464 g/mol. The summed E-state index contributed by atoms with van der Waals surface area (Å²) >= 11 is 1.66. The first-order chi connectivity index (χ1) is 16.7. The van der Waals surface area contributed by atoms with Gasteiger partial charge in [-0.25, -0.2) is 9.38 Å². The molecule has 0 fully saturated rings. The molecule has 0 spiro atoms. The molecule has 2 aliphatic heterocycles. The largest absolute Gasteiger partial charge is 0.308 e. The predicted octanol–water partition coefficient (Wildman–Crippen LogP) is 8.05. The normalized spacial score (nSPS) is 22.9. The molecule has 6 rings (SSSR count). The van der Waals surface area contributed by atoms with Gasteiger partial charge in [-0.15, -0.1) is 0 Å². The van der Waals surface area contributed by atoms with E-state index in [-0.39, 0.29) is 11.9 Å². The first-order valence-electron chi connectivity index (χ1n) is 11.7. The Morgan fingerprint density at radius 2 is 1.62 bits per heavy atom. The summed E-state index contributed by atoms with van der Waals surface area (Å²) in [4.78, 5) is 7.59. The van der Waals surface area contributed by atoms with E-state index in [9.17, 15) is 4.39 Å². The van der Waals surface area contributed by atoms with Gasteiger partial charge in [-0.1, -0.05) is 79.3 Å². The molecule has 2 atom stereocenters. The van der Waals surface area contributed by atoms with Crippen molar-refractivity contribution in [2.45, 2.75) is 25.8 Å². The van der Waals surface area contributed by atoms with Crippen LogP contribution in [0.5, 0.6) is 0 Å². The summed E-state index contributed by atoms with van der Waals surface area (Å²) in [5.74, 6) is 0.314. The summed E-state index contributed by atoms with van der Waals surface area (Å²) in [6, 6.07) is 28.1. The Morgan fingerprint density at radius 3 is 2.35 bits per heavy atom. The van der Waals surface area contributed by atoms with E-state index in [0.717, 1.165) is 35.0 Å². The fourth-order valence-corrected chi connectivity index (χ4v) is 6.13. The summed E-state index contributed by atoms with van der Waals surface area (Å²) in [6.45, 7) is 2.33. The second kappa shape index (κ2) is 8.77. The average Bonchev–Trinajstić information content (AvgIpc) is 3.28. The Bertz CT molecular complexity index is 1340. The van der Waals surface area contributed by atoms with Gasteiger partial charge < -0.3 is 4.90 Å². The Balaban J connectivity index is 1.51. The first kappa shape index (κ1) is 21.2. The van der Waals surface area contributed by atoms with Crippen molar-refractivity contribution in [3.05, 3.63) is 130 Å². The van der Waals surface area contributed by atoms with Crippen LogP contribution in [0.2, 0.25) is 0 Å². The molecule has 2 nitrogen and oxygen atoms in total. The summed E-state index contributed by atoms with van der Waals surface area (Å²) in [6.07, 6.45) is 4.34. The van der Waals surface area contributed by atoms with E-state index in [1.807, 2.05) is 12.1 Å². The van der Waals surface area contributed by atoms with E-state index in [0.29, 0.717) is 5.92 Å². The predicted molar refractivity (Wildman–Crippen MR) is 140 cm³/mol. The van der Waals surface area contributed by atoms with Crippen molar-refractivity contribution in [1.82, 2.24) is 4.90 Å². The molecule has 0 N–H and O–H groups in total. The number of fused-ring (bicyclic) bond motifs is 1. The molecule has 3 aromatic rings. The molecule has 0 unspecified atom stereocenters. The van der Waals surface area contributed by atoms with Crippen LogP contribution in [0, 0.1) is 11.7 Å². The molecule has 34 heavy (non-hydrogen) atoms. The van der Waals surface area contributed by atoms with Gasteiger partial charge in [0, 0.05) is 5.41 Å². The number of hydrogen-bond donors (Lipinski definition) is 0. The van der Waals surface area contributed by atoms with Gasteiger partial charge in [0.1, 0.15) is 5.82 Å². The van der Waals surface area contributed by atoms with E-state index in [2.05, 4.69) is 84.0 Å². The van der Waals surface area contributed by atoms with Crippen LogP contribution in [0.1, 0.15) is 42.5 Å². The van der Waals surface area contributed by atoms with E-state index in [1.54, 1.807) is 11.8 Å². The Morgan fingerprint density at radius 1 is 0.912 bits per heavy atom. The molecule has 168 valence electrons. The van der Waals surface area contributed by atoms with Gasteiger partial charge in [-0.05, 0) is 76.9 Å². The van der Waals surface area contributed by atoms with Crippen LogP contribution < -0.4 is 0 Å². The lowest BCUT2D eigenvalue weighted by Gasteiger charge is -2.41. The van der Waals surface area contributed by atoms with Crippen LogP contribution in [0.3, 0.4) is 0 Å². The molecule has 4 heteroatoms. The van der Waals surface area contributed by atoms with Crippen LogP contribution in [0.4, 0.5) is 4.39 Å². The zero-order chi connectivity index (χ0) is 23.1. The Hall–Kier alpha value is -3.37. The number of halogens is 1. The topological polar surface area (TPSA) is 15.6 Å². The minimum absolute atomic E-state index is 0.0666. The number of allylic oxidation sites excluding steroid dienone is 1. The minimum Gasteiger partial charge on any atom is -0.308 e. The number of thioether (sulfide) groups is 1. The molecule has 2 heterocycles. The van der Waals surface area contributed by atoms with Crippen molar-refractivity contribution in [3.63, 3.8) is 0 Å². The zero-order valence-electron chi connectivity index (χ0n) is 19.0. The van der Waals surface area contributed by atoms with Gasteiger partial charge in [-0.3, -0.25) is 0 Å². The minimum atomic E-state index is -0.219. The van der Waals surface area contributed by atoms with Crippen molar-refractivity contribution in [3.8, 4) is 0 Å².